The van der Waals surface area contributed by atoms with Crippen molar-refractivity contribution in [3.8, 4) is 0 Å². The SMILES string of the molecule is C=Cc1nc2ccccc2c(Nc2ccc(Cl)cc2)c1C=C.CCl. The van der Waals surface area contributed by atoms with Gasteiger partial charge >= 0.3 is 0 Å². The summed E-state index contributed by atoms with van der Waals surface area (Å²) in [6.45, 7) is 7.76. The number of benzene rings is 2. The fourth-order valence-electron chi connectivity index (χ4n) is 2.42. The molecule has 1 N–H and O–H groups in total. The molecule has 24 heavy (non-hydrogen) atoms. The summed E-state index contributed by atoms with van der Waals surface area (Å²) >= 11 is 10.6. The van der Waals surface area contributed by atoms with Crippen molar-refractivity contribution in [1.29, 1.82) is 0 Å². The summed E-state index contributed by atoms with van der Waals surface area (Å²) < 4.78 is 0. The summed E-state index contributed by atoms with van der Waals surface area (Å²) in [4.78, 5) is 4.63. The smallest absolute Gasteiger partial charge is 0.0730 e. The number of aromatic nitrogens is 1. The molecule has 0 aliphatic rings. The molecule has 0 saturated heterocycles. The van der Waals surface area contributed by atoms with Crippen molar-refractivity contribution < 1.29 is 0 Å². The van der Waals surface area contributed by atoms with Gasteiger partial charge in [0, 0.05) is 28.0 Å². The Morgan fingerprint density at radius 3 is 2.25 bits per heavy atom. The number of alkyl halides is 1. The fourth-order valence-corrected chi connectivity index (χ4v) is 2.55. The molecule has 122 valence electrons. The Balaban J connectivity index is 0.00000100. The lowest BCUT2D eigenvalue weighted by atomic mass is 10.0. The molecular weight excluding hydrogens is 339 g/mol. The summed E-state index contributed by atoms with van der Waals surface area (Å²) in [6.07, 6.45) is 5.02. The van der Waals surface area contributed by atoms with Crippen molar-refractivity contribution >= 4 is 57.6 Å². The molecule has 3 rings (SSSR count). The zero-order chi connectivity index (χ0) is 17.5. The van der Waals surface area contributed by atoms with E-state index in [1.165, 1.54) is 6.38 Å². The highest BCUT2D eigenvalue weighted by atomic mass is 35.5. The highest BCUT2D eigenvalue weighted by Gasteiger charge is 2.11. The van der Waals surface area contributed by atoms with Gasteiger partial charge in [-0.05, 0) is 36.4 Å². The van der Waals surface area contributed by atoms with E-state index in [1.807, 2.05) is 48.5 Å². The minimum absolute atomic E-state index is 0.709. The van der Waals surface area contributed by atoms with Gasteiger partial charge in [0.15, 0.2) is 0 Å². The molecule has 4 heteroatoms. The summed E-state index contributed by atoms with van der Waals surface area (Å²) in [5, 5.41) is 5.20. The van der Waals surface area contributed by atoms with Gasteiger partial charge in [-0.2, -0.15) is 0 Å². The van der Waals surface area contributed by atoms with E-state index in [2.05, 4.69) is 35.1 Å². The third kappa shape index (κ3) is 3.78. The highest BCUT2D eigenvalue weighted by Crippen LogP contribution is 2.32. The zero-order valence-corrected chi connectivity index (χ0v) is 14.9. The Morgan fingerprint density at radius 1 is 0.958 bits per heavy atom. The van der Waals surface area contributed by atoms with Gasteiger partial charge in [0.1, 0.15) is 0 Å². The number of para-hydroxylation sites is 1. The molecule has 2 aromatic carbocycles. The minimum atomic E-state index is 0.709. The number of hydrogen-bond acceptors (Lipinski definition) is 2. The third-order valence-electron chi connectivity index (χ3n) is 3.47. The number of nitrogens with one attached hydrogen (secondary N) is 1. The van der Waals surface area contributed by atoms with Crippen LogP contribution in [-0.2, 0) is 0 Å². The van der Waals surface area contributed by atoms with Crippen LogP contribution in [0.25, 0.3) is 23.1 Å². The maximum Gasteiger partial charge on any atom is 0.0730 e. The van der Waals surface area contributed by atoms with E-state index < -0.39 is 0 Å². The molecule has 0 bridgehead atoms. The van der Waals surface area contributed by atoms with Crippen LogP contribution < -0.4 is 5.32 Å². The molecule has 1 aromatic heterocycles. The predicted octanol–water partition coefficient (Wildman–Crippen LogP) is 6.77. The van der Waals surface area contributed by atoms with E-state index in [1.54, 1.807) is 12.2 Å². The topological polar surface area (TPSA) is 24.9 Å². The van der Waals surface area contributed by atoms with Crippen LogP contribution in [0, 0.1) is 0 Å². The van der Waals surface area contributed by atoms with Gasteiger partial charge in [-0.25, -0.2) is 4.98 Å². The van der Waals surface area contributed by atoms with E-state index in [0.29, 0.717) is 5.02 Å². The highest BCUT2D eigenvalue weighted by molar-refractivity contribution is 6.30. The van der Waals surface area contributed by atoms with Gasteiger partial charge in [0.05, 0.1) is 16.9 Å². The van der Waals surface area contributed by atoms with Gasteiger partial charge in [0.2, 0.25) is 0 Å². The summed E-state index contributed by atoms with van der Waals surface area (Å²) in [5.41, 5.74) is 4.59. The molecule has 3 aromatic rings. The molecule has 0 unspecified atom stereocenters. The fraction of sp³-hybridized carbons (Fsp3) is 0.0500. The van der Waals surface area contributed by atoms with Crippen molar-refractivity contribution in [3.05, 3.63) is 78.0 Å². The first-order chi connectivity index (χ1) is 11.7. The second-order valence-electron chi connectivity index (χ2n) is 4.84. The third-order valence-corrected chi connectivity index (χ3v) is 3.72. The molecule has 0 aliphatic heterocycles. The molecule has 2 nitrogen and oxygen atoms in total. The Hall–Kier alpha value is -2.29. The Kier molecular flexibility index (Phi) is 6.42. The quantitative estimate of drug-likeness (QED) is 0.521. The van der Waals surface area contributed by atoms with Gasteiger partial charge < -0.3 is 5.32 Å². The van der Waals surface area contributed by atoms with Crippen LogP contribution >= 0.6 is 23.2 Å². The molecule has 0 saturated carbocycles. The molecule has 0 radical (unpaired) electrons. The van der Waals surface area contributed by atoms with Crippen molar-refractivity contribution in [3.63, 3.8) is 0 Å². The lowest BCUT2D eigenvalue weighted by Crippen LogP contribution is -1.99. The second-order valence-corrected chi connectivity index (χ2v) is 5.28. The standard InChI is InChI=1S/C19H15ClN2.CH3Cl/c1-3-15-17(4-2)22-18-8-6-5-7-16(18)19(15)21-14-11-9-13(20)10-12-14;1-2/h3-12H,1-2H2,(H,21,22);1H3. The van der Waals surface area contributed by atoms with Gasteiger partial charge in [-0.15, -0.1) is 11.6 Å². The van der Waals surface area contributed by atoms with Crippen LogP contribution in [0.1, 0.15) is 11.3 Å². The van der Waals surface area contributed by atoms with Crippen molar-refractivity contribution in [2.24, 2.45) is 0 Å². The van der Waals surface area contributed by atoms with E-state index in [0.717, 1.165) is 33.5 Å². The zero-order valence-electron chi connectivity index (χ0n) is 13.4. The van der Waals surface area contributed by atoms with Crippen LogP contribution in [0.3, 0.4) is 0 Å². The summed E-state index contributed by atoms with van der Waals surface area (Å²) in [5.74, 6) is 0. The van der Waals surface area contributed by atoms with Crippen LogP contribution in [0.5, 0.6) is 0 Å². The number of rotatable bonds is 4. The number of anilines is 2. The number of halogens is 2. The molecule has 0 atom stereocenters. The maximum atomic E-state index is 5.95. The lowest BCUT2D eigenvalue weighted by Gasteiger charge is -2.15. The van der Waals surface area contributed by atoms with Gasteiger partial charge in [-0.1, -0.05) is 49.0 Å². The average Bonchev–Trinajstić information content (AvgIpc) is 2.64. The number of fused-ring (bicyclic) bond motifs is 1. The first-order valence-electron chi connectivity index (χ1n) is 7.31. The number of nitrogens with zero attached hydrogens (tertiary/aromatic N) is 1. The number of hydrogen-bond donors (Lipinski definition) is 1. The minimum Gasteiger partial charge on any atom is -0.354 e. The van der Waals surface area contributed by atoms with Crippen LogP contribution in [0.4, 0.5) is 11.4 Å². The van der Waals surface area contributed by atoms with Crippen molar-refractivity contribution in [1.82, 2.24) is 4.98 Å². The monoisotopic (exact) mass is 356 g/mol. The van der Waals surface area contributed by atoms with E-state index in [-0.39, 0.29) is 0 Å². The second kappa shape index (κ2) is 8.53. The van der Waals surface area contributed by atoms with Crippen LogP contribution in [0.2, 0.25) is 5.02 Å². The van der Waals surface area contributed by atoms with E-state index in [9.17, 15) is 0 Å². The van der Waals surface area contributed by atoms with Gasteiger partial charge in [-0.3, -0.25) is 0 Å². The van der Waals surface area contributed by atoms with Crippen LogP contribution in [0.15, 0.2) is 61.7 Å². The predicted molar refractivity (Wildman–Crippen MR) is 108 cm³/mol. The number of pyridine rings is 1. The summed E-state index contributed by atoms with van der Waals surface area (Å²) in [7, 11) is 0. The van der Waals surface area contributed by atoms with E-state index >= 15 is 0 Å². The summed E-state index contributed by atoms with van der Waals surface area (Å²) in [6, 6.07) is 15.6. The van der Waals surface area contributed by atoms with E-state index in [4.69, 9.17) is 11.6 Å². The van der Waals surface area contributed by atoms with Crippen molar-refractivity contribution in [2.45, 2.75) is 0 Å². The Labute approximate surface area is 152 Å². The largest absolute Gasteiger partial charge is 0.354 e. The molecular formula is C20H18Cl2N2. The molecule has 0 spiro atoms. The first-order valence-corrected chi connectivity index (χ1v) is 8.44. The normalized spacial score (nSPS) is 9.79. The average molecular weight is 357 g/mol. The lowest BCUT2D eigenvalue weighted by molar-refractivity contribution is 1.35. The maximum absolute atomic E-state index is 5.95. The Bertz CT molecular complexity index is 855. The molecule has 0 aliphatic carbocycles. The molecule has 0 amide bonds. The Morgan fingerprint density at radius 2 is 1.62 bits per heavy atom. The molecule has 0 fully saturated rings. The molecule has 1 heterocycles. The van der Waals surface area contributed by atoms with Gasteiger partial charge in [0.25, 0.3) is 0 Å². The van der Waals surface area contributed by atoms with Crippen molar-refractivity contribution in [2.75, 3.05) is 11.7 Å². The van der Waals surface area contributed by atoms with Crippen LogP contribution in [-0.4, -0.2) is 11.4 Å². The first kappa shape index (κ1) is 18.1.